The Morgan fingerprint density at radius 2 is 2.11 bits per heavy atom. The van der Waals surface area contributed by atoms with Crippen molar-refractivity contribution in [1.29, 1.82) is 0 Å². The third-order valence-electron chi connectivity index (χ3n) is 5.55. The zero-order valence-corrected chi connectivity index (χ0v) is 17.1. The van der Waals surface area contributed by atoms with Crippen LogP contribution in [0.1, 0.15) is 44.2 Å². The summed E-state index contributed by atoms with van der Waals surface area (Å²) in [5, 5.41) is 10.8. The Morgan fingerprint density at radius 3 is 2.89 bits per heavy atom. The van der Waals surface area contributed by atoms with Gasteiger partial charge in [0.15, 0.2) is 10.8 Å². The number of likely N-dealkylation sites (tertiary alicyclic amines) is 1. The average molecular weight is 383 g/mol. The molecule has 1 saturated heterocycles. The second-order valence-corrected chi connectivity index (χ2v) is 8.38. The van der Waals surface area contributed by atoms with Crippen LogP contribution in [0.4, 0.5) is 0 Å². The van der Waals surface area contributed by atoms with Crippen LogP contribution >= 0.6 is 11.8 Å². The molecule has 5 nitrogen and oxygen atoms in total. The topological polar surface area (TPSA) is 50.5 Å². The molecule has 0 unspecified atom stereocenters. The lowest BCUT2D eigenvalue weighted by Gasteiger charge is -2.33. The highest BCUT2D eigenvalue weighted by atomic mass is 32.2. The number of piperidine rings is 1. The molecule has 6 heteroatoms. The normalized spacial score (nSPS) is 17.7. The number of hydrogen-bond acceptors (Lipinski definition) is 4. The first-order chi connectivity index (χ1) is 13.1. The van der Waals surface area contributed by atoms with Crippen LogP contribution in [0.15, 0.2) is 29.4 Å². The molecule has 4 rings (SSSR count). The largest absolute Gasteiger partial charge is 0.339 e. The van der Waals surface area contributed by atoms with Crippen molar-refractivity contribution in [1.82, 2.24) is 19.5 Å². The van der Waals surface area contributed by atoms with Gasteiger partial charge in [0.1, 0.15) is 0 Å². The first-order valence-electron chi connectivity index (χ1n) is 9.78. The standard InChI is InChI=1S/C21H26N4OS/c1-4-16-8-9-18-17(12-16)11-14(2)20-22-23-21(25(18)20)27-13-19(26)24-10-6-5-7-15(24)3/h8-9,11-12,15H,4-7,10,13H2,1-3H3/t15-/m0/s1. The van der Waals surface area contributed by atoms with E-state index in [9.17, 15) is 4.79 Å². The van der Waals surface area contributed by atoms with Gasteiger partial charge in [0.05, 0.1) is 11.3 Å². The zero-order valence-electron chi connectivity index (χ0n) is 16.2. The monoisotopic (exact) mass is 382 g/mol. The number of aromatic nitrogens is 3. The summed E-state index contributed by atoms with van der Waals surface area (Å²) in [6, 6.07) is 9.05. The Kier molecular flexibility index (Phi) is 5.08. The third-order valence-corrected chi connectivity index (χ3v) is 6.46. The van der Waals surface area contributed by atoms with Gasteiger partial charge in [-0.2, -0.15) is 0 Å². The van der Waals surface area contributed by atoms with Gasteiger partial charge >= 0.3 is 0 Å². The molecular weight excluding hydrogens is 356 g/mol. The lowest BCUT2D eigenvalue weighted by Crippen LogP contribution is -2.42. The second-order valence-electron chi connectivity index (χ2n) is 7.44. The van der Waals surface area contributed by atoms with E-state index in [1.54, 1.807) is 0 Å². The van der Waals surface area contributed by atoms with E-state index in [0.717, 1.165) is 47.7 Å². The molecule has 1 aliphatic heterocycles. The first-order valence-corrected chi connectivity index (χ1v) is 10.8. The maximum Gasteiger partial charge on any atom is 0.233 e. The van der Waals surface area contributed by atoms with E-state index in [4.69, 9.17) is 0 Å². The van der Waals surface area contributed by atoms with Gasteiger partial charge in [-0.1, -0.05) is 24.8 Å². The van der Waals surface area contributed by atoms with E-state index < -0.39 is 0 Å². The van der Waals surface area contributed by atoms with Crippen molar-refractivity contribution in [3.63, 3.8) is 0 Å². The number of hydrogen-bond donors (Lipinski definition) is 0. The highest BCUT2D eigenvalue weighted by molar-refractivity contribution is 7.99. The van der Waals surface area contributed by atoms with Crippen molar-refractivity contribution >= 4 is 34.2 Å². The van der Waals surface area contributed by atoms with Crippen LogP contribution in [0.2, 0.25) is 0 Å². The molecule has 2 aromatic heterocycles. The minimum absolute atomic E-state index is 0.203. The van der Waals surface area contributed by atoms with E-state index in [0.29, 0.717) is 11.8 Å². The van der Waals surface area contributed by atoms with Crippen molar-refractivity contribution in [2.75, 3.05) is 12.3 Å². The summed E-state index contributed by atoms with van der Waals surface area (Å²) in [5.74, 6) is 0.613. The smallest absolute Gasteiger partial charge is 0.233 e. The van der Waals surface area contributed by atoms with E-state index in [-0.39, 0.29) is 5.91 Å². The Bertz CT molecular complexity index is 997. The number of pyridine rings is 1. The van der Waals surface area contributed by atoms with Gasteiger partial charge in [0.2, 0.25) is 5.91 Å². The third kappa shape index (κ3) is 3.43. The van der Waals surface area contributed by atoms with Crippen LogP contribution < -0.4 is 0 Å². The van der Waals surface area contributed by atoms with Gasteiger partial charge in [-0.05, 0) is 74.2 Å². The molecule has 0 N–H and O–H groups in total. The summed E-state index contributed by atoms with van der Waals surface area (Å²) in [4.78, 5) is 14.7. The molecule has 0 aliphatic carbocycles. The number of amides is 1. The summed E-state index contributed by atoms with van der Waals surface area (Å²) >= 11 is 1.49. The number of nitrogens with zero attached hydrogens (tertiary/aromatic N) is 4. The number of benzene rings is 1. The van der Waals surface area contributed by atoms with E-state index in [1.165, 1.54) is 29.1 Å². The van der Waals surface area contributed by atoms with Gasteiger partial charge in [0.25, 0.3) is 0 Å². The molecule has 3 heterocycles. The molecule has 0 spiro atoms. The van der Waals surface area contributed by atoms with Gasteiger partial charge in [-0.15, -0.1) is 10.2 Å². The Balaban J connectivity index is 1.65. The van der Waals surface area contributed by atoms with Crippen LogP contribution in [0, 0.1) is 6.92 Å². The molecule has 1 fully saturated rings. The Hall–Kier alpha value is -2.08. The fourth-order valence-corrected chi connectivity index (χ4v) is 4.79. The van der Waals surface area contributed by atoms with Crippen molar-refractivity contribution in [3.8, 4) is 0 Å². The zero-order chi connectivity index (χ0) is 19.0. The minimum atomic E-state index is 0.203. The molecule has 1 atom stereocenters. The molecule has 0 saturated carbocycles. The van der Waals surface area contributed by atoms with Crippen molar-refractivity contribution < 1.29 is 4.79 Å². The van der Waals surface area contributed by atoms with Crippen LogP contribution in [0.3, 0.4) is 0 Å². The average Bonchev–Trinajstić information content (AvgIpc) is 3.11. The number of aryl methyl sites for hydroxylation is 2. The molecule has 3 aromatic rings. The Labute approximate surface area is 164 Å². The summed E-state index contributed by atoms with van der Waals surface area (Å²) < 4.78 is 2.10. The highest BCUT2D eigenvalue weighted by Gasteiger charge is 2.23. The number of rotatable bonds is 4. The molecular formula is C21H26N4OS. The summed E-state index contributed by atoms with van der Waals surface area (Å²) in [5.41, 5.74) is 4.39. The van der Waals surface area contributed by atoms with Crippen molar-refractivity contribution in [2.24, 2.45) is 0 Å². The quantitative estimate of drug-likeness (QED) is 0.633. The summed E-state index contributed by atoms with van der Waals surface area (Å²) in [6.45, 7) is 7.26. The molecule has 1 aromatic carbocycles. The summed E-state index contributed by atoms with van der Waals surface area (Å²) in [7, 11) is 0. The molecule has 0 radical (unpaired) electrons. The van der Waals surface area contributed by atoms with Crippen LogP contribution in [0.5, 0.6) is 0 Å². The highest BCUT2D eigenvalue weighted by Crippen LogP contribution is 2.27. The SMILES string of the molecule is CCc1ccc2c(c1)cc(C)c1nnc(SCC(=O)N3CCCC[C@@H]3C)n12. The van der Waals surface area contributed by atoms with E-state index in [2.05, 4.69) is 59.6 Å². The lowest BCUT2D eigenvalue weighted by molar-refractivity contribution is -0.131. The number of carbonyl (C=O) groups is 1. The van der Waals surface area contributed by atoms with Gasteiger partial charge < -0.3 is 4.90 Å². The van der Waals surface area contributed by atoms with E-state index in [1.807, 2.05) is 4.90 Å². The Morgan fingerprint density at radius 1 is 1.26 bits per heavy atom. The van der Waals surface area contributed by atoms with Crippen molar-refractivity contribution in [3.05, 3.63) is 35.4 Å². The molecule has 1 amide bonds. The van der Waals surface area contributed by atoms with Crippen LogP contribution in [0.25, 0.3) is 16.6 Å². The second kappa shape index (κ2) is 7.50. The van der Waals surface area contributed by atoms with Gasteiger partial charge in [-0.3, -0.25) is 9.20 Å². The van der Waals surface area contributed by atoms with Crippen LogP contribution in [-0.2, 0) is 11.2 Å². The maximum absolute atomic E-state index is 12.7. The van der Waals surface area contributed by atoms with Gasteiger partial charge in [0, 0.05) is 12.6 Å². The minimum Gasteiger partial charge on any atom is -0.339 e. The first kappa shape index (κ1) is 18.3. The number of thioether (sulfide) groups is 1. The molecule has 1 aliphatic rings. The lowest BCUT2D eigenvalue weighted by atomic mass is 10.0. The number of fused-ring (bicyclic) bond motifs is 3. The molecule has 142 valence electrons. The molecule has 27 heavy (non-hydrogen) atoms. The van der Waals surface area contributed by atoms with E-state index >= 15 is 0 Å². The van der Waals surface area contributed by atoms with Gasteiger partial charge in [-0.25, -0.2) is 0 Å². The molecule has 0 bridgehead atoms. The van der Waals surface area contributed by atoms with Crippen molar-refractivity contribution in [2.45, 2.75) is 57.7 Å². The fourth-order valence-electron chi connectivity index (χ4n) is 3.95. The number of carbonyl (C=O) groups excluding carboxylic acids is 1. The predicted octanol–water partition coefficient (Wildman–Crippen LogP) is 4.25. The van der Waals surface area contributed by atoms with Crippen LogP contribution in [-0.4, -0.2) is 43.7 Å². The maximum atomic E-state index is 12.7. The predicted molar refractivity (Wildman–Crippen MR) is 110 cm³/mol. The summed E-state index contributed by atoms with van der Waals surface area (Å²) in [6.07, 6.45) is 4.45. The fraction of sp³-hybridized carbons (Fsp3) is 0.476.